The SMILES string of the molecule is O=C(c1cncs1)N1CC(c2cn(Cc3ccc(C4CC4)cc3)nn2)C2(CNC2)C1. The number of thiazole rings is 1. The molecule has 1 aliphatic carbocycles. The van der Waals surface area contributed by atoms with Crippen LogP contribution in [0.1, 0.15) is 51.2 Å². The van der Waals surface area contributed by atoms with Crippen molar-refractivity contribution in [3.05, 3.63) is 63.9 Å². The fourth-order valence-electron chi connectivity index (χ4n) is 4.86. The molecular weight excluding hydrogens is 396 g/mol. The number of amides is 1. The first kappa shape index (κ1) is 18.2. The van der Waals surface area contributed by atoms with E-state index in [4.69, 9.17) is 0 Å². The minimum absolute atomic E-state index is 0.0626. The fraction of sp³-hybridized carbons (Fsp3) is 0.455. The van der Waals surface area contributed by atoms with Gasteiger partial charge in [0.1, 0.15) is 4.88 Å². The van der Waals surface area contributed by atoms with Gasteiger partial charge >= 0.3 is 0 Å². The first-order valence-corrected chi connectivity index (χ1v) is 11.5. The Hall–Kier alpha value is -2.58. The van der Waals surface area contributed by atoms with Crippen molar-refractivity contribution in [2.24, 2.45) is 5.41 Å². The summed E-state index contributed by atoms with van der Waals surface area (Å²) in [5.74, 6) is 1.07. The van der Waals surface area contributed by atoms with Crippen LogP contribution in [0.25, 0.3) is 0 Å². The molecule has 1 atom stereocenters. The van der Waals surface area contributed by atoms with Crippen molar-refractivity contribution in [1.29, 1.82) is 0 Å². The number of likely N-dealkylation sites (tertiary alicyclic amines) is 1. The van der Waals surface area contributed by atoms with E-state index in [-0.39, 0.29) is 17.2 Å². The lowest BCUT2D eigenvalue weighted by Gasteiger charge is -2.42. The lowest BCUT2D eigenvalue weighted by Crippen LogP contribution is -2.57. The molecule has 8 heteroatoms. The van der Waals surface area contributed by atoms with Gasteiger partial charge in [0.15, 0.2) is 0 Å². The van der Waals surface area contributed by atoms with Gasteiger partial charge < -0.3 is 10.2 Å². The monoisotopic (exact) mass is 420 g/mol. The van der Waals surface area contributed by atoms with Gasteiger partial charge in [-0.05, 0) is 29.9 Å². The van der Waals surface area contributed by atoms with Crippen molar-refractivity contribution < 1.29 is 4.79 Å². The van der Waals surface area contributed by atoms with E-state index in [2.05, 4.69) is 51.1 Å². The zero-order valence-corrected chi connectivity index (χ0v) is 17.5. The van der Waals surface area contributed by atoms with E-state index >= 15 is 0 Å². The molecule has 2 aliphatic heterocycles. The highest BCUT2D eigenvalue weighted by Crippen LogP contribution is 2.45. The Morgan fingerprint density at radius 2 is 2.07 bits per heavy atom. The van der Waals surface area contributed by atoms with Gasteiger partial charge in [-0.1, -0.05) is 29.5 Å². The molecule has 0 bridgehead atoms. The number of carbonyl (C=O) groups is 1. The van der Waals surface area contributed by atoms with Crippen LogP contribution in [0.3, 0.4) is 0 Å². The Kier molecular flexibility index (Phi) is 4.24. The Balaban J connectivity index is 1.19. The fourth-order valence-corrected chi connectivity index (χ4v) is 5.45. The molecule has 1 N–H and O–H groups in total. The summed E-state index contributed by atoms with van der Waals surface area (Å²) in [5, 5.41) is 12.3. The lowest BCUT2D eigenvalue weighted by molar-refractivity contribution is 0.0754. The van der Waals surface area contributed by atoms with Crippen molar-refractivity contribution >= 4 is 17.2 Å². The van der Waals surface area contributed by atoms with Crippen LogP contribution < -0.4 is 5.32 Å². The standard InChI is InChI=1S/C22H24N6OS/c29-21(20-7-23-14-30-20)27-9-18(22(13-27)11-24-12-22)19-10-28(26-25-19)8-15-1-3-16(4-2-15)17-5-6-17/h1-4,7,10,14,17-18,24H,5-6,8-9,11-13H2. The molecular formula is C22H24N6OS. The maximum atomic E-state index is 12.9. The number of hydrogen-bond acceptors (Lipinski definition) is 6. The van der Waals surface area contributed by atoms with Gasteiger partial charge in [0.05, 0.1) is 23.9 Å². The first-order valence-electron chi connectivity index (χ1n) is 10.6. The van der Waals surface area contributed by atoms with Crippen molar-refractivity contribution in [2.45, 2.75) is 31.2 Å². The molecule has 3 aliphatic rings. The number of rotatable bonds is 5. The Bertz CT molecular complexity index is 1050. The van der Waals surface area contributed by atoms with Crippen LogP contribution in [0.4, 0.5) is 0 Å². The van der Waals surface area contributed by atoms with Crippen LogP contribution in [0, 0.1) is 5.41 Å². The molecule has 2 aromatic heterocycles. The molecule has 0 radical (unpaired) electrons. The summed E-state index contributed by atoms with van der Waals surface area (Å²) < 4.78 is 1.93. The van der Waals surface area contributed by atoms with E-state index in [0.29, 0.717) is 11.4 Å². The average Bonchev–Trinajstić information content (AvgIpc) is 3.13. The minimum atomic E-state index is 0.0626. The van der Waals surface area contributed by atoms with Crippen molar-refractivity contribution in [2.75, 3.05) is 26.2 Å². The Labute approximate surface area is 179 Å². The molecule has 4 heterocycles. The third-order valence-corrected chi connectivity index (χ3v) is 7.58. The van der Waals surface area contributed by atoms with Gasteiger partial charge in [-0.25, -0.2) is 4.68 Å². The molecule has 3 aromatic rings. The number of aromatic nitrogens is 4. The van der Waals surface area contributed by atoms with Crippen molar-refractivity contribution in [3.8, 4) is 0 Å². The third-order valence-electron chi connectivity index (χ3n) is 6.82. The van der Waals surface area contributed by atoms with Gasteiger partial charge in [0.25, 0.3) is 5.91 Å². The zero-order valence-electron chi connectivity index (χ0n) is 16.7. The topological polar surface area (TPSA) is 75.9 Å². The van der Waals surface area contributed by atoms with E-state index in [0.717, 1.165) is 37.8 Å². The van der Waals surface area contributed by atoms with Crippen molar-refractivity contribution in [1.82, 2.24) is 30.2 Å². The summed E-state index contributed by atoms with van der Waals surface area (Å²) in [7, 11) is 0. The normalized spacial score (nSPS) is 22.4. The summed E-state index contributed by atoms with van der Waals surface area (Å²) in [6.45, 7) is 4.00. The molecule has 3 fully saturated rings. The average molecular weight is 421 g/mol. The van der Waals surface area contributed by atoms with E-state index in [1.54, 1.807) is 11.7 Å². The molecule has 1 spiro atoms. The van der Waals surface area contributed by atoms with Crippen LogP contribution in [0.15, 0.2) is 42.2 Å². The van der Waals surface area contributed by atoms with Gasteiger partial charge in [0, 0.05) is 43.7 Å². The summed E-state index contributed by atoms with van der Waals surface area (Å²) in [4.78, 5) is 19.6. The van der Waals surface area contributed by atoms with Crippen LogP contribution in [-0.2, 0) is 6.54 Å². The maximum absolute atomic E-state index is 12.9. The summed E-state index contributed by atoms with van der Waals surface area (Å²) in [6.07, 6.45) is 6.38. The van der Waals surface area contributed by atoms with Gasteiger partial charge in [-0.15, -0.1) is 16.4 Å². The molecule has 154 valence electrons. The molecule has 1 amide bonds. The highest BCUT2D eigenvalue weighted by Gasteiger charge is 2.53. The molecule has 2 saturated heterocycles. The highest BCUT2D eigenvalue weighted by atomic mass is 32.1. The second kappa shape index (κ2) is 6.99. The largest absolute Gasteiger partial charge is 0.337 e. The van der Waals surface area contributed by atoms with Crippen LogP contribution in [-0.4, -0.2) is 57.0 Å². The summed E-state index contributed by atoms with van der Waals surface area (Å²) in [5.41, 5.74) is 5.46. The maximum Gasteiger partial charge on any atom is 0.265 e. The molecule has 6 rings (SSSR count). The number of nitrogens with one attached hydrogen (secondary N) is 1. The number of hydrogen-bond donors (Lipinski definition) is 1. The molecule has 1 unspecified atom stereocenters. The van der Waals surface area contributed by atoms with Crippen LogP contribution in [0.5, 0.6) is 0 Å². The Morgan fingerprint density at radius 1 is 1.23 bits per heavy atom. The van der Waals surface area contributed by atoms with Gasteiger partial charge in [-0.2, -0.15) is 0 Å². The van der Waals surface area contributed by atoms with E-state index < -0.39 is 0 Å². The van der Waals surface area contributed by atoms with Crippen LogP contribution >= 0.6 is 11.3 Å². The van der Waals surface area contributed by atoms with Gasteiger partial charge in [-0.3, -0.25) is 9.78 Å². The predicted octanol–water partition coefficient (Wildman–Crippen LogP) is 2.49. The smallest absolute Gasteiger partial charge is 0.265 e. The molecule has 1 saturated carbocycles. The quantitative estimate of drug-likeness (QED) is 0.686. The predicted molar refractivity (Wildman–Crippen MR) is 114 cm³/mol. The second-order valence-electron chi connectivity index (χ2n) is 8.93. The first-order chi connectivity index (χ1) is 14.7. The van der Waals surface area contributed by atoms with Crippen LogP contribution in [0.2, 0.25) is 0 Å². The summed E-state index contributed by atoms with van der Waals surface area (Å²) in [6, 6.07) is 8.91. The molecule has 7 nitrogen and oxygen atoms in total. The summed E-state index contributed by atoms with van der Waals surface area (Å²) >= 11 is 1.40. The number of carbonyl (C=O) groups excluding carboxylic acids is 1. The highest BCUT2D eigenvalue weighted by molar-refractivity contribution is 7.11. The second-order valence-corrected chi connectivity index (χ2v) is 9.81. The lowest BCUT2D eigenvalue weighted by atomic mass is 9.72. The van der Waals surface area contributed by atoms with E-state index in [1.807, 2.05) is 9.58 Å². The number of benzene rings is 1. The third kappa shape index (κ3) is 3.15. The number of nitrogens with zero attached hydrogens (tertiary/aromatic N) is 5. The Morgan fingerprint density at radius 3 is 2.73 bits per heavy atom. The van der Waals surface area contributed by atoms with Gasteiger partial charge in [0.2, 0.25) is 0 Å². The zero-order chi connectivity index (χ0) is 20.1. The minimum Gasteiger partial charge on any atom is -0.337 e. The molecule has 1 aromatic carbocycles. The van der Waals surface area contributed by atoms with E-state index in [1.165, 1.54) is 35.3 Å². The van der Waals surface area contributed by atoms with Crippen molar-refractivity contribution in [3.63, 3.8) is 0 Å². The van der Waals surface area contributed by atoms with E-state index in [9.17, 15) is 4.79 Å². The molecule has 30 heavy (non-hydrogen) atoms.